The summed E-state index contributed by atoms with van der Waals surface area (Å²) in [4.78, 5) is 0. The van der Waals surface area contributed by atoms with Crippen LogP contribution in [0.15, 0.2) is 73.0 Å². The lowest BCUT2D eigenvalue weighted by molar-refractivity contribution is 0.303. The Morgan fingerprint density at radius 1 is 1.18 bits per heavy atom. The van der Waals surface area contributed by atoms with E-state index in [1.165, 1.54) is 0 Å². The van der Waals surface area contributed by atoms with Crippen LogP contribution in [0.5, 0.6) is 0 Å². The highest BCUT2D eigenvalue weighted by Crippen LogP contribution is 2.07. The van der Waals surface area contributed by atoms with Crippen molar-refractivity contribution in [2.24, 2.45) is 0 Å². The molecule has 0 aliphatic heterocycles. The molecular formula is C15H20O2. The predicted molar refractivity (Wildman–Crippen MR) is 73.2 cm³/mol. The van der Waals surface area contributed by atoms with Gasteiger partial charge < -0.3 is 9.47 Å². The molecule has 0 amide bonds. The molecule has 17 heavy (non-hydrogen) atoms. The first-order valence-corrected chi connectivity index (χ1v) is 5.35. The average Bonchev–Trinajstić information content (AvgIpc) is 2.30. The zero-order valence-corrected chi connectivity index (χ0v) is 10.8. The highest BCUT2D eigenvalue weighted by molar-refractivity contribution is 5.21. The first-order valence-electron chi connectivity index (χ1n) is 5.35. The van der Waals surface area contributed by atoms with Crippen LogP contribution in [0.25, 0.3) is 0 Å². The van der Waals surface area contributed by atoms with Crippen molar-refractivity contribution < 1.29 is 9.47 Å². The highest BCUT2D eigenvalue weighted by Gasteiger charge is 1.92. The van der Waals surface area contributed by atoms with Crippen molar-refractivity contribution >= 4 is 0 Å². The van der Waals surface area contributed by atoms with E-state index in [1.807, 2.05) is 38.2 Å². The summed E-state index contributed by atoms with van der Waals surface area (Å²) in [5.41, 5.74) is 0. The lowest BCUT2D eigenvalue weighted by Gasteiger charge is -2.04. The third kappa shape index (κ3) is 7.91. The molecule has 0 N–H and O–H groups in total. The summed E-state index contributed by atoms with van der Waals surface area (Å²) in [7, 11) is 1.62. The molecule has 0 rings (SSSR count). The van der Waals surface area contributed by atoms with Gasteiger partial charge in [0.25, 0.3) is 0 Å². The highest BCUT2D eigenvalue weighted by atomic mass is 16.5. The maximum Gasteiger partial charge on any atom is 0.119 e. The van der Waals surface area contributed by atoms with Crippen molar-refractivity contribution in [3.8, 4) is 0 Å². The molecular weight excluding hydrogens is 212 g/mol. The summed E-state index contributed by atoms with van der Waals surface area (Å²) in [5, 5.41) is 0. The first kappa shape index (κ1) is 15.0. The Labute approximate surface area is 104 Å². The topological polar surface area (TPSA) is 18.5 Å². The van der Waals surface area contributed by atoms with Crippen LogP contribution in [0.3, 0.4) is 0 Å². The van der Waals surface area contributed by atoms with Crippen LogP contribution in [-0.2, 0) is 9.47 Å². The van der Waals surface area contributed by atoms with Gasteiger partial charge in [-0.3, -0.25) is 0 Å². The molecule has 0 aliphatic rings. The van der Waals surface area contributed by atoms with E-state index in [0.29, 0.717) is 5.76 Å². The summed E-state index contributed by atoms with van der Waals surface area (Å²) in [6.45, 7) is 11.1. The van der Waals surface area contributed by atoms with E-state index in [1.54, 1.807) is 25.3 Å². The fourth-order valence-corrected chi connectivity index (χ4v) is 1.00. The van der Waals surface area contributed by atoms with Crippen molar-refractivity contribution in [2.75, 3.05) is 7.11 Å². The molecule has 92 valence electrons. The van der Waals surface area contributed by atoms with Gasteiger partial charge in [0, 0.05) is 0 Å². The van der Waals surface area contributed by atoms with Crippen LogP contribution in [0, 0.1) is 0 Å². The minimum atomic E-state index is 0.558. The van der Waals surface area contributed by atoms with Crippen LogP contribution < -0.4 is 0 Å². The zero-order chi connectivity index (χ0) is 13.1. The Hall–Kier alpha value is -1.96. The molecule has 0 aromatic rings. The standard InChI is InChI=1S/C15H20O2/c1-6-8-9-10-13(3)17-14(4)11-12-15(7-2)16-5/h6-12H,1,4H2,2-3,5H3/b9-8-,12-11-,13-10+,15-7+. The molecule has 0 saturated carbocycles. The average molecular weight is 232 g/mol. The number of rotatable bonds is 7. The van der Waals surface area contributed by atoms with Gasteiger partial charge in [0.15, 0.2) is 0 Å². The summed E-state index contributed by atoms with van der Waals surface area (Å²) in [6.07, 6.45) is 12.6. The monoisotopic (exact) mass is 232 g/mol. The number of methoxy groups -OCH3 is 1. The van der Waals surface area contributed by atoms with E-state index in [9.17, 15) is 0 Å². The quantitative estimate of drug-likeness (QED) is 0.482. The molecule has 0 fully saturated rings. The van der Waals surface area contributed by atoms with Crippen molar-refractivity contribution in [3.05, 3.63) is 73.0 Å². The normalized spacial score (nSPS) is 13.1. The maximum atomic E-state index is 5.45. The number of allylic oxidation sites excluding steroid dienone is 8. The van der Waals surface area contributed by atoms with Crippen molar-refractivity contribution in [2.45, 2.75) is 13.8 Å². The molecule has 0 spiro atoms. The van der Waals surface area contributed by atoms with E-state index in [2.05, 4.69) is 13.2 Å². The fourth-order valence-electron chi connectivity index (χ4n) is 1.00. The largest absolute Gasteiger partial charge is 0.497 e. The maximum absolute atomic E-state index is 5.45. The van der Waals surface area contributed by atoms with Gasteiger partial charge in [0.1, 0.15) is 17.3 Å². The van der Waals surface area contributed by atoms with Gasteiger partial charge in [-0.25, -0.2) is 0 Å². The Bertz CT molecular complexity index is 368. The minimum Gasteiger partial charge on any atom is -0.497 e. The Kier molecular flexibility index (Phi) is 8.21. The third-order valence-corrected chi connectivity index (χ3v) is 1.82. The van der Waals surface area contributed by atoms with E-state index < -0.39 is 0 Å². The van der Waals surface area contributed by atoms with Gasteiger partial charge in [-0.05, 0) is 38.2 Å². The van der Waals surface area contributed by atoms with Gasteiger partial charge in [-0.2, -0.15) is 0 Å². The van der Waals surface area contributed by atoms with Gasteiger partial charge in [0.05, 0.1) is 7.11 Å². The molecule has 0 aromatic heterocycles. The van der Waals surface area contributed by atoms with Crippen LogP contribution in [0.1, 0.15) is 13.8 Å². The molecule has 2 heteroatoms. The lowest BCUT2D eigenvalue weighted by Crippen LogP contribution is -1.86. The second-order valence-corrected chi connectivity index (χ2v) is 3.19. The predicted octanol–water partition coefficient (Wildman–Crippen LogP) is 4.27. The van der Waals surface area contributed by atoms with Crippen LogP contribution in [0.2, 0.25) is 0 Å². The molecule has 0 aromatic carbocycles. The van der Waals surface area contributed by atoms with Crippen molar-refractivity contribution in [1.82, 2.24) is 0 Å². The Morgan fingerprint density at radius 2 is 1.88 bits per heavy atom. The van der Waals surface area contributed by atoms with Gasteiger partial charge >= 0.3 is 0 Å². The van der Waals surface area contributed by atoms with Crippen LogP contribution in [-0.4, -0.2) is 7.11 Å². The fraction of sp³-hybridized carbons (Fsp3) is 0.200. The molecule has 0 heterocycles. The van der Waals surface area contributed by atoms with Gasteiger partial charge in [-0.1, -0.05) is 31.4 Å². The molecule has 0 unspecified atom stereocenters. The third-order valence-electron chi connectivity index (χ3n) is 1.82. The summed E-state index contributed by atoms with van der Waals surface area (Å²) < 4.78 is 10.5. The molecule has 0 bridgehead atoms. The molecule has 0 radical (unpaired) electrons. The second kappa shape index (κ2) is 9.28. The van der Waals surface area contributed by atoms with Crippen molar-refractivity contribution in [1.29, 1.82) is 0 Å². The molecule has 0 saturated heterocycles. The zero-order valence-electron chi connectivity index (χ0n) is 10.8. The molecule has 0 atom stereocenters. The summed E-state index contributed by atoms with van der Waals surface area (Å²) in [5.74, 6) is 2.09. The van der Waals surface area contributed by atoms with E-state index in [4.69, 9.17) is 9.47 Å². The summed E-state index contributed by atoms with van der Waals surface area (Å²) in [6, 6.07) is 0. The molecule has 0 aliphatic carbocycles. The smallest absolute Gasteiger partial charge is 0.119 e. The number of ether oxygens (including phenoxy) is 2. The van der Waals surface area contributed by atoms with Crippen LogP contribution >= 0.6 is 0 Å². The van der Waals surface area contributed by atoms with Gasteiger partial charge in [-0.15, -0.1) is 0 Å². The second-order valence-electron chi connectivity index (χ2n) is 3.19. The van der Waals surface area contributed by atoms with Gasteiger partial charge in [0.2, 0.25) is 0 Å². The lowest BCUT2D eigenvalue weighted by atomic mass is 10.3. The molecule has 2 nitrogen and oxygen atoms in total. The summed E-state index contributed by atoms with van der Waals surface area (Å²) >= 11 is 0. The van der Waals surface area contributed by atoms with Crippen LogP contribution in [0.4, 0.5) is 0 Å². The number of hydrogen-bond donors (Lipinski definition) is 0. The Balaban J connectivity index is 4.32. The number of hydrogen-bond acceptors (Lipinski definition) is 2. The SMILES string of the molecule is C=C/C=C\C=C(/C)OC(=C)/C=C\C(=C/C)OC. The first-order chi connectivity index (χ1) is 8.13. The van der Waals surface area contributed by atoms with E-state index >= 15 is 0 Å². The Morgan fingerprint density at radius 3 is 2.41 bits per heavy atom. The van der Waals surface area contributed by atoms with E-state index in [-0.39, 0.29) is 0 Å². The minimum absolute atomic E-state index is 0.558. The van der Waals surface area contributed by atoms with E-state index in [0.717, 1.165) is 11.5 Å². The van der Waals surface area contributed by atoms with Crippen molar-refractivity contribution in [3.63, 3.8) is 0 Å².